The maximum Gasteiger partial charge on any atom is 0.205 e. The highest BCUT2D eigenvalue weighted by Gasteiger charge is 2.39. The van der Waals surface area contributed by atoms with E-state index in [4.69, 9.17) is 9.47 Å². The van der Waals surface area contributed by atoms with Crippen LogP contribution in [0.5, 0.6) is 11.5 Å². The second-order valence-corrected chi connectivity index (χ2v) is 8.78. The van der Waals surface area contributed by atoms with Gasteiger partial charge in [0.15, 0.2) is 0 Å². The molecule has 2 aliphatic heterocycles. The second kappa shape index (κ2) is 9.76. The van der Waals surface area contributed by atoms with Gasteiger partial charge in [-0.25, -0.2) is 0 Å². The molecule has 32 heavy (non-hydrogen) atoms. The normalized spacial score (nSPS) is 22.8. The summed E-state index contributed by atoms with van der Waals surface area (Å²) in [7, 11) is 0. The molecule has 1 fully saturated rings. The molecule has 166 valence electrons. The molecule has 2 heterocycles. The average molecular weight is 430 g/mol. The molecule has 3 aromatic rings. The monoisotopic (exact) mass is 429 g/mol. The van der Waals surface area contributed by atoms with Crippen molar-refractivity contribution in [2.75, 3.05) is 26.2 Å². The van der Waals surface area contributed by atoms with Crippen molar-refractivity contribution >= 4 is 0 Å². The van der Waals surface area contributed by atoms with Gasteiger partial charge in [0.25, 0.3) is 0 Å². The molecule has 0 radical (unpaired) electrons. The molecule has 0 amide bonds. The van der Waals surface area contributed by atoms with Crippen LogP contribution in [0.4, 0.5) is 0 Å². The summed E-state index contributed by atoms with van der Waals surface area (Å²) in [5, 5.41) is 10.9. The zero-order valence-corrected chi connectivity index (χ0v) is 18.4. The minimum atomic E-state index is -0.904. The zero-order chi connectivity index (χ0) is 21.8. The fourth-order valence-corrected chi connectivity index (χ4v) is 5.08. The van der Waals surface area contributed by atoms with Gasteiger partial charge < -0.3 is 19.5 Å². The van der Waals surface area contributed by atoms with E-state index in [1.807, 2.05) is 36.4 Å². The Morgan fingerprint density at radius 1 is 0.844 bits per heavy atom. The summed E-state index contributed by atoms with van der Waals surface area (Å²) < 4.78 is 11.9. The largest absolute Gasteiger partial charge is 0.494 e. The number of hydrogen-bond acceptors (Lipinski definition) is 4. The van der Waals surface area contributed by atoms with Crippen molar-refractivity contribution in [3.63, 3.8) is 0 Å². The van der Waals surface area contributed by atoms with Gasteiger partial charge in [0.05, 0.1) is 12.5 Å². The van der Waals surface area contributed by atoms with E-state index in [0.717, 1.165) is 47.8 Å². The number of hydrogen-bond donors (Lipinski definition) is 1. The molecule has 0 saturated carbocycles. The highest BCUT2D eigenvalue weighted by atomic mass is 16.6. The SMILES string of the molecule is OC1Oc2ccccc2C(c2ccc(OCCCN3CCCC3)cc2)C1c1ccccc1. The van der Waals surface area contributed by atoms with Crippen molar-refractivity contribution in [1.82, 2.24) is 4.90 Å². The maximum atomic E-state index is 10.9. The van der Waals surface area contributed by atoms with Gasteiger partial charge in [-0.2, -0.15) is 0 Å². The van der Waals surface area contributed by atoms with E-state index < -0.39 is 6.29 Å². The van der Waals surface area contributed by atoms with Crippen LogP contribution >= 0.6 is 0 Å². The molecule has 1 N–H and O–H groups in total. The predicted octanol–water partition coefficient (Wildman–Crippen LogP) is 5.18. The molecule has 1 saturated heterocycles. The van der Waals surface area contributed by atoms with Gasteiger partial charge >= 0.3 is 0 Å². The van der Waals surface area contributed by atoms with Crippen LogP contribution in [0.2, 0.25) is 0 Å². The molecule has 0 aliphatic carbocycles. The Kier molecular flexibility index (Phi) is 6.42. The van der Waals surface area contributed by atoms with Gasteiger partial charge in [-0.05, 0) is 61.7 Å². The lowest BCUT2D eigenvalue weighted by Gasteiger charge is -2.37. The van der Waals surface area contributed by atoms with Gasteiger partial charge in [0.1, 0.15) is 11.5 Å². The minimum Gasteiger partial charge on any atom is -0.494 e. The van der Waals surface area contributed by atoms with Crippen molar-refractivity contribution in [2.24, 2.45) is 0 Å². The van der Waals surface area contributed by atoms with E-state index in [9.17, 15) is 5.11 Å². The topological polar surface area (TPSA) is 41.9 Å². The van der Waals surface area contributed by atoms with Gasteiger partial charge in [-0.3, -0.25) is 0 Å². The highest BCUT2D eigenvalue weighted by molar-refractivity contribution is 5.48. The average Bonchev–Trinajstić information content (AvgIpc) is 3.36. The number of para-hydroxylation sites is 1. The molecule has 3 atom stereocenters. The first kappa shape index (κ1) is 21.0. The summed E-state index contributed by atoms with van der Waals surface area (Å²) >= 11 is 0. The molecule has 5 rings (SSSR count). The lowest BCUT2D eigenvalue weighted by Crippen LogP contribution is -2.34. The Hall–Kier alpha value is -2.82. The molecule has 0 bridgehead atoms. The van der Waals surface area contributed by atoms with Gasteiger partial charge in [-0.1, -0.05) is 60.7 Å². The number of aliphatic hydroxyl groups excluding tert-OH is 1. The van der Waals surface area contributed by atoms with Crippen LogP contribution in [0.15, 0.2) is 78.9 Å². The summed E-state index contributed by atoms with van der Waals surface area (Å²) in [5.74, 6) is 1.46. The Labute approximate surface area is 190 Å². The molecule has 3 unspecified atom stereocenters. The summed E-state index contributed by atoms with van der Waals surface area (Å²) in [6, 6.07) is 26.5. The molecule has 0 spiro atoms. The lowest BCUT2D eigenvalue weighted by atomic mass is 9.75. The van der Waals surface area contributed by atoms with Crippen LogP contribution in [0, 0.1) is 0 Å². The Morgan fingerprint density at radius 3 is 2.34 bits per heavy atom. The fraction of sp³-hybridized carbons (Fsp3) is 0.357. The predicted molar refractivity (Wildman–Crippen MR) is 126 cm³/mol. The summed E-state index contributed by atoms with van der Waals surface area (Å²) in [6.07, 6.45) is 2.81. The van der Waals surface area contributed by atoms with Crippen molar-refractivity contribution in [2.45, 2.75) is 37.4 Å². The standard InChI is InChI=1S/C28H31NO3/c30-28-27(21-9-2-1-3-10-21)26(24-11-4-5-12-25(24)32-28)22-13-15-23(16-14-22)31-20-8-19-29-17-6-7-18-29/h1-5,9-16,26-28,30H,6-8,17-20H2. The summed E-state index contributed by atoms with van der Waals surface area (Å²) in [4.78, 5) is 2.52. The van der Waals surface area contributed by atoms with E-state index in [2.05, 4.69) is 47.4 Å². The first-order chi connectivity index (χ1) is 15.8. The number of rotatable bonds is 7. The molecule has 2 aliphatic rings. The number of fused-ring (bicyclic) bond motifs is 1. The van der Waals surface area contributed by atoms with E-state index in [-0.39, 0.29) is 11.8 Å². The number of aliphatic hydroxyl groups is 1. The van der Waals surface area contributed by atoms with Crippen molar-refractivity contribution in [3.05, 3.63) is 95.6 Å². The fourth-order valence-electron chi connectivity index (χ4n) is 5.08. The highest BCUT2D eigenvalue weighted by Crippen LogP contribution is 2.48. The van der Waals surface area contributed by atoms with Crippen molar-refractivity contribution < 1.29 is 14.6 Å². The third kappa shape index (κ3) is 4.52. The molecule has 3 aromatic carbocycles. The lowest BCUT2D eigenvalue weighted by molar-refractivity contribution is -0.0530. The molecular weight excluding hydrogens is 398 g/mol. The second-order valence-electron chi connectivity index (χ2n) is 8.78. The first-order valence-corrected chi connectivity index (χ1v) is 11.7. The molecule has 0 aromatic heterocycles. The summed E-state index contributed by atoms with van der Waals surface area (Å²) in [5.41, 5.74) is 3.32. The molecular formula is C28H31NO3. The van der Waals surface area contributed by atoms with Gasteiger partial charge in [0, 0.05) is 18.0 Å². The van der Waals surface area contributed by atoms with Crippen LogP contribution in [0.1, 0.15) is 47.8 Å². The van der Waals surface area contributed by atoms with E-state index >= 15 is 0 Å². The van der Waals surface area contributed by atoms with Crippen molar-refractivity contribution in [3.8, 4) is 11.5 Å². The zero-order valence-electron chi connectivity index (χ0n) is 18.4. The Morgan fingerprint density at radius 2 is 1.56 bits per heavy atom. The quantitative estimate of drug-likeness (QED) is 0.526. The van der Waals surface area contributed by atoms with Gasteiger partial charge in [0.2, 0.25) is 6.29 Å². The van der Waals surface area contributed by atoms with Crippen LogP contribution < -0.4 is 9.47 Å². The smallest absolute Gasteiger partial charge is 0.205 e. The third-order valence-electron chi connectivity index (χ3n) is 6.68. The van der Waals surface area contributed by atoms with Gasteiger partial charge in [-0.15, -0.1) is 0 Å². The number of nitrogens with zero attached hydrogens (tertiary/aromatic N) is 1. The van der Waals surface area contributed by atoms with E-state index in [1.54, 1.807) is 0 Å². The van der Waals surface area contributed by atoms with E-state index in [0.29, 0.717) is 0 Å². The Bertz CT molecular complexity index is 999. The van der Waals surface area contributed by atoms with Crippen LogP contribution in [0.25, 0.3) is 0 Å². The molecule has 4 heteroatoms. The maximum absolute atomic E-state index is 10.9. The Balaban J connectivity index is 1.34. The minimum absolute atomic E-state index is 0.00145. The van der Waals surface area contributed by atoms with Crippen LogP contribution in [-0.2, 0) is 0 Å². The van der Waals surface area contributed by atoms with Crippen LogP contribution in [0.3, 0.4) is 0 Å². The first-order valence-electron chi connectivity index (χ1n) is 11.7. The number of likely N-dealkylation sites (tertiary alicyclic amines) is 1. The molecule has 4 nitrogen and oxygen atoms in total. The van der Waals surface area contributed by atoms with Crippen LogP contribution in [-0.4, -0.2) is 42.5 Å². The number of benzene rings is 3. The van der Waals surface area contributed by atoms with Crippen molar-refractivity contribution in [1.29, 1.82) is 0 Å². The summed E-state index contributed by atoms with van der Waals surface area (Å²) in [6.45, 7) is 4.32. The number of ether oxygens (including phenoxy) is 2. The third-order valence-corrected chi connectivity index (χ3v) is 6.68. The van der Waals surface area contributed by atoms with E-state index in [1.165, 1.54) is 25.9 Å².